The maximum absolute atomic E-state index is 12.7. The number of nitrogens with zero attached hydrogens (tertiary/aromatic N) is 1. The van der Waals surface area contributed by atoms with Gasteiger partial charge in [-0.05, 0) is 49.7 Å². The van der Waals surface area contributed by atoms with Crippen LogP contribution < -0.4 is 10.3 Å². The first kappa shape index (κ1) is 22.7. The van der Waals surface area contributed by atoms with Gasteiger partial charge in [0.05, 0.1) is 25.0 Å². The third-order valence-electron chi connectivity index (χ3n) is 5.88. The molecular weight excluding hydrogens is 400 g/mol. The fourth-order valence-electron chi connectivity index (χ4n) is 4.13. The second-order valence-corrected chi connectivity index (χ2v) is 9.92. The third-order valence-corrected chi connectivity index (χ3v) is 6.57. The van der Waals surface area contributed by atoms with Crippen LogP contribution in [0.15, 0.2) is 53.5 Å². The minimum atomic E-state index is -3.36. The van der Waals surface area contributed by atoms with Gasteiger partial charge < -0.3 is 9.30 Å². The van der Waals surface area contributed by atoms with E-state index in [4.69, 9.17) is 4.74 Å². The van der Waals surface area contributed by atoms with Gasteiger partial charge in [-0.15, -0.1) is 0 Å². The van der Waals surface area contributed by atoms with Gasteiger partial charge in [0.1, 0.15) is 0 Å². The highest BCUT2D eigenvalue weighted by Gasteiger charge is 2.24. The molecule has 1 atom stereocenters. The summed E-state index contributed by atoms with van der Waals surface area (Å²) in [6, 6.07) is 13.8. The first-order valence-corrected chi connectivity index (χ1v) is 12.6. The van der Waals surface area contributed by atoms with Crippen LogP contribution in [0.1, 0.15) is 55.7 Å². The van der Waals surface area contributed by atoms with Crippen molar-refractivity contribution in [3.05, 3.63) is 70.1 Å². The second kappa shape index (κ2) is 10.4. The van der Waals surface area contributed by atoms with E-state index < -0.39 is 10.0 Å². The normalized spacial score (nSPS) is 20.7. The molecule has 7 heteroatoms. The SMILES string of the molecule is CCc1cccn([C@H](CNS(C)(=O)=O)COC2CCC(c3ccccc3)CC2)c1=O. The average molecular weight is 433 g/mol. The van der Waals surface area contributed by atoms with Gasteiger partial charge in [0.25, 0.3) is 5.56 Å². The molecule has 1 aliphatic rings. The lowest BCUT2D eigenvalue weighted by atomic mass is 9.83. The number of aromatic nitrogens is 1. The summed E-state index contributed by atoms with van der Waals surface area (Å²) >= 11 is 0. The number of hydrogen-bond donors (Lipinski definition) is 1. The quantitative estimate of drug-likeness (QED) is 0.660. The molecule has 0 spiro atoms. The van der Waals surface area contributed by atoms with E-state index in [0.29, 0.717) is 24.5 Å². The lowest BCUT2D eigenvalue weighted by Crippen LogP contribution is -2.38. The summed E-state index contributed by atoms with van der Waals surface area (Å²) in [6.07, 6.45) is 7.70. The van der Waals surface area contributed by atoms with Gasteiger partial charge in [-0.1, -0.05) is 43.3 Å². The zero-order chi connectivity index (χ0) is 21.6. The molecule has 0 radical (unpaired) electrons. The van der Waals surface area contributed by atoms with E-state index >= 15 is 0 Å². The Balaban J connectivity index is 1.63. The zero-order valence-corrected chi connectivity index (χ0v) is 18.6. The van der Waals surface area contributed by atoms with E-state index in [0.717, 1.165) is 31.9 Å². The van der Waals surface area contributed by atoms with Gasteiger partial charge in [0, 0.05) is 18.3 Å². The maximum Gasteiger partial charge on any atom is 0.254 e. The van der Waals surface area contributed by atoms with E-state index in [2.05, 4.69) is 29.0 Å². The maximum atomic E-state index is 12.7. The van der Waals surface area contributed by atoms with Crippen molar-refractivity contribution in [2.45, 2.75) is 57.1 Å². The summed E-state index contributed by atoms with van der Waals surface area (Å²) in [6.45, 7) is 2.37. The van der Waals surface area contributed by atoms with Crippen LogP contribution in [-0.2, 0) is 21.2 Å². The number of hydrogen-bond acceptors (Lipinski definition) is 4. The van der Waals surface area contributed by atoms with E-state index in [1.807, 2.05) is 25.1 Å². The van der Waals surface area contributed by atoms with E-state index in [1.165, 1.54) is 5.56 Å². The number of aryl methyl sites for hydroxylation is 1. The number of rotatable bonds is 9. The predicted molar refractivity (Wildman–Crippen MR) is 119 cm³/mol. The standard InChI is InChI=1S/C23H32N2O4S/c1-3-18-10-7-15-25(23(18)26)21(16-24-30(2,27)28)17-29-22-13-11-20(12-14-22)19-8-5-4-6-9-19/h4-10,15,20-22,24H,3,11-14,16-17H2,1-2H3/t20?,21-,22?/m1/s1. The highest BCUT2D eigenvalue weighted by molar-refractivity contribution is 7.88. The summed E-state index contributed by atoms with van der Waals surface area (Å²) in [4.78, 5) is 12.7. The van der Waals surface area contributed by atoms with Crippen LogP contribution in [0.25, 0.3) is 0 Å². The molecule has 164 valence electrons. The second-order valence-electron chi connectivity index (χ2n) is 8.09. The highest BCUT2D eigenvalue weighted by atomic mass is 32.2. The number of nitrogens with one attached hydrogen (secondary N) is 1. The van der Waals surface area contributed by atoms with Crippen LogP contribution in [0, 0.1) is 0 Å². The molecule has 1 saturated carbocycles. The molecule has 6 nitrogen and oxygen atoms in total. The van der Waals surface area contributed by atoms with Crippen LogP contribution in [0.2, 0.25) is 0 Å². The van der Waals surface area contributed by atoms with Crippen molar-refractivity contribution in [3.63, 3.8) is 0 Å². The molecule has 1 heterocycles. The molecule has 0 bridgehead atoms. The van der Waals surface area contributed by atoms with Gasteiger partial charge in [-0.3, -0.25) is 4.79 Å². The minimum Gasteiger partial charge on any atom is -0.376 e. The van der Waals surface area contributed by atoms with Crippen molar-refractivity contribution in [1.29, 1.82) is 0 Å². The number of pyridine rings is 1. The largest absolute Gasteiger partial charge is 0.376 e. The lowest BCUT2D eigenvalue weighted by molar-refractivity contribution is 0.00733. The molecule has 30 heavy (non-hydrogen) atoms. The van der Waals surface area contributed by atoms with Gasteiger partial charge in [0.15, 0.2) is 0 Å². The van der Waals surface area contributed by atoms with Crippen molar-refractivity contribution in [2.75, 3.05) is 19.4 Å². The molecule has 1 aliphatic carbocycles. The molecule has 1 aromatic heterocycles. The molecule has 0 amide bonds. The summed E-state index contributed by atoms with van der Waals surface area (Å²) in [5, 5.41) is 0. The Morgan fingerprint density at radius 2 is 1.80 bits per heavy atom. The molecule has 0 unspecified atom stereocenters. The fourth-order valence-corrected chi connectivity index (χ4v) is 4.63. The van der Waals surface area contributed by atoms with Gasteiger partial charge in [-0.25, -0.2) is 13.1 Å². The third kappa shape index (κ3) is 6.27. The Kier molecular flexibility index (Phi) is 7.86. The molecule has 1 N–H and O–H groups in total. The van der Waals surface area contributed by atoms with E-state index in [1.54, 1.807) is 10.8 Å². The van der Waals surface area contributed by atoms with Gasteiger partial charge in [0.2, 0.25) is 10.0 Å². The smallest absolute Gasteiger partial charge is 0.254 e. The van der Waals surface area contributed by atoms with Crippen LogP contribution in [0.4, 0.5) is 0 Å². The molecule has 0 saturated heterocycles. The number of ether oxygens (including phenoxy) is 1. The average Bonchev–Trinajstić information content (AvgIpc) is 2.75. The van der Waals surface area contributed by atoms with Gasteiger partial charge in [-0.2, -0.15) is 0 Å². The molecule has 2 aromatic rings. The Bertz CT molecular complexity index is 964. The Labute approximate surface area is 179 Å². The van der Waals surface area contributed by atoms with Gasteiger partial charge >= 0.3 is 0 Å². The summed E-state index contributed by atoms with van der Waals surface area (Å²) < 4.78 is 33.5. The molecule has 1 aromatic carbocycles. The van der Waals surface area contributed by atoms with Crippen LogP contribution >= 0.6 is 0 Å². The highest BCUT2D eigenvalue weighted by Crippen LogP contribution is 2.34. The number of benzene rings is 1. The Morgan fingerprint density at radius 1 is 1.10 bits per heavy atom. The Hall–Kier alpha value is -1.96. The topological polar surface area (TPSA) is 77.4 Å². The monoisotopic (exact) mass is 432 g/mol. The molecule has 1 fully saturated rings. The number of sulfonamides is 1. The fraction of sp³-hybridized carbons (Fsp3) is 0.522. The minimum absolute atomic E-state index is 0.0864. The summed E-state index contributed by atoms with van der Waals surface area (Å²) in [5.74, 6) is 0.567. The van der Waals surface area contributed by atoms with Crippen LogP contribution in [-0.4, -0.2) is 38.5 Å². The van der Waals surface area contributed by atoms with Crippen molar-refractivity contribution >= 4 is 10.0 Å². The van der Waals surface area contributed by atoms with Crippen LogP contribution in [0.3, 0.4) is 0 Å². The molecular formula is C23H32N2O4S. The first-order chi connectivity index (χ1) is 14.4. The summed E-state index contributed by atoms with van der Waals surface area (Å²) in [5.41, 5.74) is 2.01. The molecule has 0 aliphatic heterocycles. The molecule has 3 rings (SSSR count). The lowest BCUT2D eigenvalue weighted by Gasteiger charge is -2.30. The van der Waals surface area contributed by atoms with Crippen molar-refractivity contribution < 1.29 is 13.2 Å². The zero-order valence-electron chi connectivity index (χ0n) is 17.8. The van der Waals surface area contributed by atoms with Crippen LogP contribution in [0.5, 0.6) is 0 Å². The first-order valence-electron chi connectivity index (χ1n) is 10.7. The van der Waals surface area contributed by atoms with Crippen molar-refractivity contribution in [1.82, 2.24) is 9.29 Å². The van der Waals surface area contributed by atoms with E-state index in [9.17, 15) is 13.2 Å². The Morgan fingerprint density at radius 3 is 2.43 bits per heavy atom. The van der Waals surface area contributed by atoms with E-state index in [-0.39, 0.29) is 24.2 Å². The van der Waals surface area contributed by atoms with Crippen molar-refractivity contribution in [3.8, 4) is 0 Å². The van der Waals surface area contributed by atoms with Crippen molar-refractivity contribution in [2.24, 2.45) is 0 Å². The predicted octanol–water partition coefficient (Wildman–Crippen LogP) is 3.24. The summed E-state index contributed by atoms with van der Waals surface area (Å²) in [7, 11) is -3.36.